The van der Waals surface area contributed by atoms with Gasteiger partial charge in [0.25, 0.3) is 5.69 Å². The molecule has 5 nitrogen and oxygen atoms in total. The van der Waals surface area contributed by atoms with Gasteiger partial charge in [-0.25, -0.2) is 0 Å². The van der Waals surface area contributed by atoms with Crippen LogP contribution in [0.3, 0.4) is 0 Å². The van der Waals surface area contributed by atoms with E-state index in [2.05, 4.69) is 21.0 Å². The van der Waals surface area contributed by atoms with Crippen LogP contribution >= 0.6 is 15.9 Å². The lowest BCUT2D eigenvalue weighted by molar-refractivity contribution is -0.384. The minimum Gasteiger partial charge on any atom is -0.303 e. The van der Waals surface area contributed by atoms with Crippen molar-refractivity contribution in [1.82, 2.24) is 5.01 Å². The highest BCUT2D eigenvalue weighted by atomic mass is 79.9. The van der Waals surface area contributed by atoms with E-state index in [1.807, 2.05) is 14.1 Å². The summed E-state index contributed by atoms with van der Waals surface area (Å²) in [5.41, 5.74) is 1.79. The summed E-state index contributed by atoms with van der Waals surface area (Å²) in [4.78, 5) is 10.1. The number of halogens is 1. The maximum Gasteiger partial charge on any atom is 0.269 e. The lowest BCUT2D eigenvalue weighted by Crippen LogP contribution is -2.11. The van der Waals surface area contributed by atoms with Crippen molar-refractivity contribution in [3.63, 3.8) is 0 Å². The predicted molar refractivity (Wildman–Crippen MR) is 67.1 cm³/mol. The van der Waals surface area contributed by atoms with Gasteiger partial charge in [-0.1, -0.05) is 15.9 Å². The van der Waals surface area contributed by atoms with E-state index in [0.29, 0.717) is 5.33 Å². The maximum absolute atomic E-state index is 10.5. The molecule has 1 aromatic rings. The monoisotopic (exact) mass is 285 g/mol. The van der Waals surface area contributed by atoms with Gasteiger partial charge in [-0.05, 0) is 17.7 Å². The van der Waals surface area contributed by atoms with E-state index >= 15 is 0 Å². The Kier molecular flexibility index (Phi) is 4.42. The van der Waals surface area contributed by atoms with Gasteiger partial charge in [-0.2, -0.15) is 5.10 Å². The molecule has 0 saturated heterocycles. The Balaban J connectivity index is 3.00. The SMILES string of the molecule is CN(C)N=C(CBr)c1ccc([N+](=O)[O-])cc1. The molecular formula is C10H12BrN3O2. The van der Waals surface area contributed by atoms with Gasteiger partial charge >= 0.3 is 0 Å². The summed E-state index contributed by atoms with van der Waals surface area (Å²) in [7, 11) is 3.65. The van der Waals surface area contributed by atoms with E-state index < -0.39 is 4.92 Å². The molecule has 0 aliphatic rings. The lowest BCUT2D eigenvalue weighted by atomic mass is 10.1. The second-order valence-electron chi connectivity index (χ2n) is 3.33. The molecule has 0 N–H and O–H groups in total. The fourth-order valence-electron chi connectivity index (χ4n) is 1.18. The molecule has 16 heavy (non-hydrogen) atoms. The average molecular weight is 286 g/mol. The summed E-state index contributed by atoms with van der Waals surface area (Å²) in [6.45, 7) is 0. The smallest absolute Gasteiger partial charge is 0.269 e. The third-order valence-electron chi connectivity index (χ3n) is 1.86. The molecule has 0 aromatic heterocycles. The number of hydrogen-bond acceptors (Lipinski definition) is 4. The van der Waals surface area contributed by atoms with E-state index in [1.54, 1.807) is 17.1 Å². The van der Waals surface area contributed by atoms with Crippen LogP contribution in [0, 0.1) is 10.1 Å². The first-order valence-electron chi connectivity index (χ1n) is 4.60. The number of hydrogen-bond donors (Lipinski definition) is 0. The Bertz CT molecular complexity index is 401. The van der Waals surface area contributed by atoms with Crippen molar-refractivity contribution in [2.45, 2.75) is 0 Å². The molecule has 0 spiro atoms. The predicted octanol–water partition coefficient (Wildman–Crippen LogP) is 2.26. The molecule has 0 saturated carbocycles. The van der Waals surface area contributed by atoms with Crippen molar-refractivity contribution >= 4 is 27.3 Å². The maximum atomic E-state index is 10.5. The van der Waals surface area contributed by atoms with Crippen LogP contribution in [0.4, 0.5) is 5.69 Å². The normalized spacial score (nSPS) is 11.3. The van der Waals surface area contributed by atoms with Crippen molar-refractivity contribution < 1.29 is 4.92 Å². The summed E-state index contributed by atoms with van der Waals surface area (Å²) in [5, 5.41) is 17.1. The molecule has 0 unspecified atom stereocenters. The van der Waals surface area contributed by atoms with E-state index in [0.717, 1.165) is 11.3 Å². The zero-order valence-corrected chi connectivity index (χ0v) is 10.6. The molecule has 1 aromatic carbocycles. The summed E-state index contributed by atoms with van der Waals surface area (Å²) < 4.78 is 0. The minimum atomic E-state index is -0.416. The molecule has 0 amide bonds. The first-order valence-corrected chi connectivity index (χ1v) is 5.72. The lowest BCUT2D eigenvalue weighted by Gasteiger charge is -2.08. The fourth-order valence-corrected chi connectivity index (χ4v) is 1.61. The molecule has 0 aliphatic carbocycles. The number of nitro groups is 1. The van der Waals surface area contributed by atoms with E-state index in [9.17, 15) is 10.1 Å². The second-order valence-corrected chi connectivity index (χ2v) is 3.89. The van der Waals surface area contributed by atoms with E-state index in [-0.39, 0.29) is 5.69 Å². The van der Waals surface area contributed by atoms with Crippen molar-refractivity contribution in [2.24, 2.45) is 5.10 Å². The quantitative estimate of drug-likeness (QED) is 0.369. The number of nitro benzene ring substituents is 1. The summed E-state index contributed by atoms with van der Waals surface area (Å²) in [6, 6.07) is 6.34. The summed E-state index contributed by atoms with van der Waals surface area (Å²) >= 11 is 3.34. The van der Waals surface area contributed by atoms with Crippen LogP contribution in [-0.2, 0) is 0 Å². The molecule has 0 atom stereocenters. The van der Waals surface area contributed by atoms with Gasteiger partial charge in [0.15, 0.2) is 0 Å². The highest BCUT2D eigenvalue weighted by Crippen LogP contribution is 2.13. The third-order valence-corrected chi connectivity index (χ3v) is 2.39. The number of hydrazone groups is 1. The van der Waals surface area contributed by atoms with E-state index in [1.165, 1.54) is 12.1 Å². The van der Waals surface area contributed by atoms with Gasteiger partial charge in [0.1, 0.15) is 0 Å². The number of alkyl halides is 1. The molecule has 0 radical (unpaired) electrons. The van der Waals surface area contributed by atoms with Crippen molar-refractivity contribution in [2.75, 3.05) is 19.4 Å². The summed E-state index contributed by atoms with van der Waals surface area (Å²) in [6.07, 6.45) is 0. The standard InChI is InChI=1S/C10H12BrN3O2/c1-13(2)12-10(7-11)8-3-5-9(6-4-8)14(15)16/h3-6H,7H2,1-2H3. The Morgan fingerprint density at radius 2 is 2.00 bits per heavy atom. The number of nitrogens with zero attached hydrogens (tertiary/aromatic N) is 3. The Morgan fingerprint density at radius 1 is 1.44 bits per heavy atom. The first kappa shape index (κ1) is 12.6. The van der Waals surface area contributed by atoms with Gasteiger partial charge in [-0.15, -0.1) is 0 Å². The van der Waals surface area contributed by atoms with Crippen molar-refractivity contribution in [3.05, 3.63) is 39.9 Å². The number of rotatable bonds is 4. The minimum absolute atomic E-state index is 0.0857. The van der Waals surface area contributed by atoms with Crippen molar-refractivity contribution in [1.29, 1.82) is 0 Å². The van der Waals surface area contributed by atoms with Gasteiger partial charge in [0.05, 0.1) is 10.6 Å². The van der Waals surface area contributed by atoms with Crippen LogP contribution in [0.2, 0.25) is 0 Å². The van der Waals surface area contributed by atoms with Crippen LogP contribution in [0.25, 0.3) is 0 Å². The Labute approximate surface area is 102 Å². The highest BCUT2D eigenvalue weighted by Gasteiger charge is 2.07. The summed E-state index contributed by atoms with van der Waals surface area (Å²) in [5.74, 6) is 0. The Morgan fingerprint density at radius 3 is 2.38 bits per heavy atom. The molecule has 1 rings (SSSR count). The van der Waals surface area contributed by atoms with Gasteiger partial charge < -0.3 is 5.01 Å². The zero-order valence-electron chi connectivity index (χ0n) is 9.05. The van der Waals surface area contributed by atoms with Crippen LogP contribution in [0.15, 0.2) is 29.4 Å². The van der Waals surface area contributed by atoms with Crippen LogP contribution in [0.5, 0.6) is 0 Å². The average Bonchev–Trinajstić information content (AvgIpc) is 2.25. The number of benzene rings is 1. The fraction of sp³-hybridized carbons (Fsp3) is 0.300. The first-order chi connectivity index (χ1) is 7.54. The van der Waals surface area contributed by atoms with Gasteiger partial charge in [0, 0.05) is 31.6 Å². The topological polar surface area (TPSA) is 58.7 Å². The molecule has 0 heterocycles. The van der Waals surface area contributed by atoms with Crippen LogP contribution < -0.4 is 0 Å². The largest absolute Gasteiger partial charge is 0.303 e. The van der Waals surface area contributed by atoms with Gasteiger partial charge in [-0.3, -0.25) is 10.1 Å². The zero-order chi connectivity index (χ0) is 12.1. The van der Waals surface area contributed by atoms with E-state index in [4.69, 9.17) is 0 Å². The molecular weight excluding hydrogens is 274 g/mol. The highest BCUT2D eigenvalue weighted by molar-refractivity contribution is 9.09. The van der Waals surface area contributed by atoms with Gasteiger partial charge in [0.2, 0.25) is 0 Å². The number of non-ortho nitro benzene ring substituents is 1. The Hall–Kier alpha value is -1.43. The molecule has 6 heteroatoms. The molecule has 86 valence electrons. The second kappa shape index (κ2) is 5.60. The molecule has 0 aliphatic heterocycles. The third kappa shape index (κ3) is 3.30. The molecule has 0 fully saturated rings. The van der Waals surface area contributed by atoms with Crippen LogP contribution in [0.1, 0.15) is 5.56 Å². The molecule has 0 bridgehead atoms. The van der Waals surface area contributed by atoms with Crippen molar-refractivity contribution in [3.8, 4) is 0 Å². The van der Waals surface area contributed by atoms with Crippen LogP contribution in [-0.4, -0.2) is 35.1 Å².